The van der Waals surface area contributed by atoms with Crippen LogP contribution < -0.4 is 0 Å². The molecular formula is C18H32F3O2. The molecule has 0 aromatic heterocycles. The molecule has 0 aromatic rings. The summed E-state index contributed by atoms with van der Waals surface area (Å²) in [6.07, 6.45) is 8.71. The smallest absolute Gasteiger partial charge is 0.389 e. The Hall–Kier alpha value is -1.00. The zero-order valence-corrected chi connectivity index (χ0v) is 14.6. The normalized spacial score (nSPS) is 10.7. The molecule has 0 atom stereocenters. The summed E-state index contributed by atoms with van der Waals surface area (Å²) in [4.78, 5) is 11.1. The SMILES string of the molecule is C=C(C)C(=O)OCCCCCCCCCCCC.[CH2]C(F)(F)F. The largest absolute Gasteiger partial charge is 0.462 e. The fourth-order valence-corrected chi connectivity index (χ4v) is 1.88. The second-order valence-corrected chi connectivity index (χ2v) is 5.71. The van der Waals surface area contributed by atoms with Gasteiger partial charge in [-0.25, -0.2) is 4.79 Å². The van der Waals surface area contributed by atoms with Gasteiger partial charge >= 0.3 is 12.1 Å². The molecule has 0 rings (SSSR count). The van der Waals surface area contributed by atoms with E-state index in [0.717, 1.165) is 6.42 Å². The van der Waals surface area contributed by atoms with Gasteiger partial charge in [-0.2, -0.15) is 13.2 Å². The number of carbonyl (C=O) groups is 1. The van der Waals surface area contributed by atoms with Crippen LogP contribution in [0.25, 0.3) is 0 Å². The molecule has 0 heterocycles. The molecule has 0 saturated heterocycles. The minimum atomic E-state index is -4.25. The van der Waals surface area contributed by atoms with Crippen LogP contribution in [0, 0.1) is 6.92 Å². The third-order valence-electron chi connectivity index (χ3n) is 3.08. The first-order valence-corrected chi connectivity index (χ1v) is 8.43. The average molecular weight is 337 g/mol. The van der Waals surface area contributed by atoms with Crippen LogP contribution >= 0.6 is 0 Å². The van der Waals surface area contributed by atoms with Crippen molar-refractivity contribution in [3.63, 3.8) is 0 Å². The van der Waals surface area contributed by atoms with E-state index < -0.39 is 6.18 Å². The Labute approximate surface area is 139 Å². The summed E-state index contributed by atoms with van der Waals surface area (Å²) in [5, 5.41) is 0. The quantitative estimate of drug-likeness (QED) is 0.234. The molecular weight excluding hydrogens is 305 g/mol. The van der Waals surface area contributed by atoms with Crippen LogP contribution in [0.3, 0.4) is 0 Å². The van der Waals surface area contributed by atoms with E-state index in [0.29, 0.717) is 12.2 Å². The number of hydrogen-bond donors (Lipinski definition) is 0. The summed E-state index contributed by atoms with van der Waals surface area (Å²) >= 11 is 0. The van der Waals surface area contributed by atoms with E-state index >= 15 is 0 Å². The summed E-state index contributed by atoms with van der Waals surface area (Å²) < 4.78 is 35.8. The highest BCUT2D eigenvalue weighted by molar-refractivity contribution is 5.86. The lowest BCUT2D eigenvalue weighted by atomic mass is 10.1. The van der Waals surface area contributed by atoms with Crippen molar-refractivity contribution in [1.82, 2.24) is 0 Å². The minimum Gasteiger partial charge on any atom is -0.462 e. The zero-order valence-electron chi connectivity index (χ0n) is 14.6. The Morgan fingerprint density at radius 2 is 1.26 bits per heavy atom. The molecule has 0 amide bonds. The number of halogens is 3. The van der Waals surface area contributed by atoms with Gasteiger partial charge in [-0.15, -0.1) is 0 Å². The predicted molar refractivity (Wildman–Crippen MR) is 89.0 cm³/mol. The number of hydrogen-bond acceptors (Lipinski definition) is 2. The molecule has 0 aromatic carbocycles. The first kappa shape index (κ1) is 24.3. The third-order valence-corrected chi connectivity index (χ3v) is 3.08. The van der Waals surface area contributed by atoms with Crippen molar-refractivity contribution in [1.29, 1.82) is 0 Å². The Balaban J connectivity index is 0. The molecule has 0 fully saturated rings. The minimum absolute atomic E-state index is 0.258. The monoisotopic (exact) mass is 337 g/mol. The number of rotatable bonds is 12. The maximum atomic E-state index is 11.1. The van der Waals surface area contributed by atoms with Gasteiger partial charge in [0.2, 0.25) is 0 Å². The molecule has 0 bridgehead atoms. The number of ether oxygens (including phenoxy) is 1. The molecule has 0 spiro atoms. The van der Waals surface area contributed by atoms with Gasteiger partial charge < -0.3 is 4.74 Å². The van der Waals surface area contributed by atoms with Gasteiger partial charge in [-0.3, -0.25) is 0 Å². The summed E-state index contributed by atoms with van der Waals surface area (Å²) in [5.74, 6) is -0.258. The van der Waals surface area contributed by atoms with Gasteiger partial charge in [0.1, 0.15) is 0 Å². The molecule has 137 valence electrons. The molecule has 0 aliphatic carbocycles. The van der Waals surface area contributed by atoms with Crippen molar-refractivity contribution in [3.05, 3.63) is 19.1 Å². The van der Waals surface area contributed by atoms with E-state index in [4.69, 9.17) is 4.74 Å². The molecule has 0 aliphatic heterocycles. The van der Waals surface area contributed by atoms with E-state index in [1.807, 2.05) is 0 Å². The van der Waals surface area contributed by atoms with Crippen molar-refractivity contribution < 1.29 is 22.7 Å². The highest BCUT2D eigenvalue weighted by Gasteiger charge is 2.16. The van der Waals surface area contributed by atoms with Crippen LogP contribution in [0.5, 0.6) is 0 Å². The van der Waals surface area contributed by atoms with Crippen molar-refractivity contribution in [3.8, 4) is 0 Å². The second kappa shape index (κ2) is 15.9. The first-order valence-electron chi connectivity index (χ1n) is 8.43. The number of carbonyl (C=O) groups excluding carboxylic acids is 1. The first-order chi connectivity index (χ1) is 10.7. The summed E-state index contributed by atoms with van der Waals surface area (Å²) in [6.45, 7) is 9.80. The van der Waals surface area contributed by atoms with E-state index in [2.05, 4.69) is 13.5 Å². The molecule has 1 radical (unpaired) electrons. The zero-order chi connectivity index (χ0) is 18.1. The van der Waals surface area contributed by atoms with Gasteiger partial charge in [0.15, 0.2) is 0 Å². The van der Waals surface area contributed by atoms with E-state index in [1.165, 1.54) is 57.8 Å². The lowest BCUT2D eigenvalue weighted by molar-refractivity contribution is -0.139. The molecule has 0 aliphatic rings. The van der Waals surface area contributed by atoms with Crippen molar-refractivity contribution in [2.45, 2.75) is 84.2 Å². The second-order valence-electron chi connectivity index (χ2n) is 5.71. The van der Waals surface area contributed by atoms with Crippen LogP contribution in [0.4, 0.5) is 13.2 Å². The molecule has 23 heavy (non-hydrogen) atoms. The maximum absolute atomic E-state index is 11.1. The van der Waals surface area contributed by atoms with Gasteiger partial charge in [0, 0.05) is 5.57 Å². The lowest BCUT2D eigenvalue weighted by Gasteiger charge is -2.04. The van der Waals surface area contributed by atoms with Crippen molar-refractivity contribution in [2.24, 2.45) is 0 Å². The van der Waals surface area contributed by atoms with E-state index in [1.54, 1.807) is 13.8 Å². The van der Waals surface area contributed by atoms with Crippen LogP contribution in [-0.2, 0) is 9.53 Å². The van der Waals surface area contributed by atoms with Crippen LogP contribution in [0.1, 0.15) is 78.1 Å². The van der Waals surface area contributed by atoms with Crippen LogP contribution in [0.2, 0.25) is 0 Å². The summed E-state index contributed by atoms with van der Waals surface area (Å²) in [7, 11) is 0. The summed E-state index contributed by atoms with van der Waals surface area (Å²) in [5.41, 5.74) is 0.488. The summed E-state index contributed by atoms with van der Waals surface area (Å²) in [6, 6.07) is 0. The molecule has 5 heteroatoms. The standard InChI is InChI=1S/C16H30O2.C2H2F3/c1-4-5-6-7-8-9-10-11-12-13-14-18-16(17)15(2)3;1-2(3,4)5/h2,4-14H2,1,3H3;1H2. The van der Waals surface area contributed by atoms with Gasteiger partial charge in [0.05, 0.1) is 13.5 Å². The fraction of sp³-hybridized carbons (Fsp3) is 0.778. The molecule has 2 nitrogen and oxygen atoms in total. The maximum Gasteiger partial charge on any atom is 0.389 e. The van der Waals surface area contributed by atoms with Crippen molar-refractivity contribution in [2.75, 3.05) is 6.61 Å². The Morgan fingerprint density at radius 1 is 0.913 bits per heavy atom. The van der Waals surface area contributed by atoms with Gasteiger partial charge in [-0.05, 0) is 13.3 Å². The highest BCUT2D eigenvalue weighted by Crippen LogP contribution is 2.11. The fourth-order valence-electron chi connectivity index (χ4n) is 1.88. The van der Waals surface area contributed by atoms with Gasteiger partial charge in [0.25, 0.3) is 0 Å². The molecule has 0 saturated carbocycles. The molecule has 0 unspecified atom stereocenters. The lowest BCUT2D eigenvalue weighted by Crippen LogP contribution is -2.05. The van der Waals surface area contributed by atoms with E-state index in [-0.39, 0.29) is 5.97 Å². The molecule has 0 N–H and O–H groups in total. The van der Waals surface area contributed by atoms with Crippen LogP contribution in [-0.4, -0.2) is 18.8 Å². The average Bonchev–Trinajstić information content (AvgIpc) is 2.42. The van der Waals surface area contributed by atoms with Crippen LogP contribution in [0.15, 0.2) is 12.2 Å². The third kappa shape index (κ3) is 29.6. The Bertz CT molecular complexity index is 293. The van der Waals surface area contributed by atoms with Crippen molar-refractivity contribution >= 4 is 5.97 Å². The number of unbranched alkanes of at least 4 members (excludes halogenated alkanes) is 9. The highest BCUT2D eigenvalue weighted by atomic mass is 19.4. The number of esters is 1. The van der Waals surface area contributed by atoms with Gasteiger partial charge in [-0.1, -0.05) is 71.3 Å². The predicted octanol–water partition coefficient (Wildman–Crippen LogP) is 6.41. The Kier molecular flexibility index (Phi) is 16.7. The van der Waals surface area contributed by atoms with E-state index in [9.17, 15) is 18.0 Å². The number of alkyl halides is 3. The Morgan fingerprint density at radius 3 is 1.61 bits per heavy atom. The topological polar surface area (TPSA) is 26.3 Å².